The highest BCUT2D eigenvalue weighted by Gasteiger charge is 2.25. The van der Waals surface area contributed by atoms with Crippen molar-refractivity contribution in [2.24, 2.45) is 0 Å². The number of sulfonamides is 1. The summed E-state index contributed by atoms with van der Waals surface area (Å²) in [7, 11) is -3.09. The first-order chi connectivity index (χ1) is 8.05. The van der Waals surface area contributed by atoms with Gasteiger partial charge in [0.15, 0.2) is 0 Å². The second-order valence-corrected chi connectivity index (χ2v) is 6.18. The summed E-state index contributed by atoms with van der Waals surface area (Å²) in [6, 6.07) is 0.107. The molecule has 0 aromatic carbocycles. The zero-order chi connectivity index (χ0) is 12.3. The van der Waals surface area contributed by atoms with Gasteiger partial charge in [-0.05, 0) is 12.8 Å². The zero-order valence-electron chi connectivity index (χ0n) is 9.70. The molecule has 1 aromatic heterocycles. The molecule has 0 amide bonds. The Hall–Kier alpha value is -1.21. The van der Waals surface area contributed by atoms with Crippen molar-refractivity contribution in [1.82, 2.24) is 14.3 Å². The van der Waals surface area contributed by atoms with Crippen LogP contribution in [0.5, 0.6) is 0 Å². The van der Waals surface area contributed by atoms with Crippen LogP contribution in [0.25, 0.3) is 0 Å². The zero-order valence-corrected chi connectivity index (χ0v) is 10.5. The number of nitrogens with one attached hydrogen (secondary N) is 1. The molecule has 94 valence electrons. The lowest BCUT2D eigenvalue weighted by Crippen LogP contribution is -2.44. The van der Waals surface area contributed by atoms with Crippen LogP contribution in [0.15, 0.2) is 18.6 Å². The summed E-state index contributed by atoms with van der Waals surface area (Å²) in [4.78, 5) is 8.08. The van der Waals surface area contributed by atoms with Gasteiger partial charge in [0.2, 0.25) is 10.0 Å². The normalized spacial score (nSPS) is 22.3. The smallest absolute Gasteiger partial charge is 0.211 e. The van der Waals surface area contributed by atoms with E-state index in [2.05, 4.69) is 15.3 Å². The fourth-order valence-corrected chi connectivity index (χ4v) is 2.86. The van der Waals surface area contributed by atoms with Crippen LogP contribution in [0.4, 0.5) is 5.82 Å². The number of aromatic nitrogens is 2. The van der Waals surface area contributed by atoms with Crippen LogP contribution in [0.2, 0.25) is 0 Å². The molecule has 1 N–H and O–H groups in total. The molecule has 1 saturated heterocycles. The van der Waals surface area contributed by atoms with Crippen molar-refractivity contribution < 1.29 is 8.42 Å². The molecular weight excluding hydrogens is 240 g/mol. The van der Waals surface area contributed by atoms with E-state index in [0.717, 1.165) is 12.8 Å². The molecule has 2 rings (SSSR count). The molecule has 1 atom stereocenters. The van der Waals surface area contributed by atoms with E-state index < -0.39 is 10.0 Å². The van der Waals surface area contributed by atoms with E-state index >= 15 is 0 Å². The molecule has 6 nitrogen and oxygen atoms in total. The minimum atomic E-state index is -3.09. The van der Waals surface area contributed by atoms with E-state index in [4.69, 9.17) is 0 Å². The van der Waals surface area contributed by atoms with Crippen molar-refractivity contribution in [2.75, 3.05) is 24.7 Å². The molecule has 0 saturated carbocycles. The number of piperidine rings is 1. The minimum Gasteiger partial charge on any atom is -0.365 e. The summed E-state index contributed by atoms with van der Waals surface area (Å²) < 4.78 is 24.4. The molecule has 1 aromatic rings. The first-order valence-electron chi connectivity index (χ1n) is 5.53. The van der Waals surface area contributed by atoms with Crippen LogP contribution in [-0.2, 0) is 10.0 Å². The van der Waals surface area contributed by atoms with Crippen LogP contribution in [-0.4, -0.2) is 48.1 Å². The Morgan fingerprint density at radius 2 is 2.29 bits per heavy atom. The Balaban J connectivity index is 1.99. The lowest BCUT2D eigenvalue weighted by atomic mass is 10.1. The lowest BCUT2D eigenvalue weighted by molar-refractivity contribution is 0.329. The first kappa shape index (κ1) is 12.3. The standard InChI is InChI=1S/C10H16N4O2S/c1-17(15,16)14-6-2-3-9(8-14)13-10-7-11-4-5-12-10/h4-5,7,9H,2-3,6,8H2,1H3,(H,12,13). The molecule has 0 radical (unpaired) electrons. The van der Waals surface area contributed by atoms with Gasteiger partial charge in [0, 0.05) is 31.5 Å². The van der Waals surface area contributed by atoms with Crippen molar-refractivity contribution in [1.29, 1.82) is 0 Å². The van der Waals surface area contributed by atoms with Gasteiger partial charge in [-0.1, -0.05) is 0 Å². The van der Waals surface area contributed by atoms with Crippen LogP contribution in [0, 0.1) is 0 Å². The largest absolute Gasteiger partial charge is 0.365 e. The van der Waals surface area contributed by atoms with Crippen LogP contribution < -0.4 is 5.32 Å². The highest BCUT2D eigenvalue weighted by molar-refractivity contribution is 7.88. The molecule has 1 aliphatic heterocycles. The van der Waals surface area contributed by atoms with Gasteiger partial charge in [-0.25, -0.2) is 17.7 Å². The van der Waals surface area contributed by atoms with Crippen LogP contribution in [0.3, 0.4) is 0 Å². The van der Waals surface area contributed by atoms with Gasteiger partial charge in [0.1, 0.15) is 5.82 Å². The fourth-order valence-electron chi connectivity index (χ4n) is 1.94. The molecule has 2 heterocycles. The summed E-state index contributed by atoms with van der Waals surface area (Å²) in [5.74, 6) is 0.688. The van der Waals surface area contributed by atoms with Gasteiger partial charge in [-0.3, -0.25) is 4.98 Å². The molecule has 0 spiro atoms. The second-order valence-electron chi connectivity index (χ2n) is 4.20. The average molecular weight is 256 g/mol. The molecular formula is C10H16N4O2S. The van der Waals surface area contributed by atoms with Crippen molar-refractivity contribution in [2.45, 2.75) is 18.9 Å². The number of anilines is 1. The predicted octanol–water partition coefficient (Wildman–Crippen LogP) is 0.312. The Bertz CT molecular complexity index is 462. The Kier molecular flexibility index (Phi) is 3.58. The third-order valence-electron chi connectivity index (χ3n) is 2.77. The maximum Gasteiger partial charge on any atom is 0.211 e. The summed E-state index contributed by atoms with van der Waals surface area (Å²) in [6.07, 6.45) is 7.92. The van der Waals surface area contributed by atoms with Gasteiger partial charge in [-0.2, -0.15) is 0 Å². The number of nitrogens with zero attached hydrogens (tertiary/aromatic N) is 3. The van der Waals surface area contributed by atoms with E-state index in [1.54, 1.807) is 18.6 Å². The van der Waals surface area contributed by atoms with Gasteiger partial charge in [0.05, 0.1) is 12.5 Å². The minimum absolute atomic E-state index is 0.107. The van der Waals surface area contributed by atoms with E-state index in [1.807, 2.05) is 0 Å². The molecule has 7 heteroatoms. The number of rotatable bonds is 3. The second kappa shape index (κ2) is 4.97. The highest BCUT2D eigenvalue weighted by Crippen LogP contribution is 2.16. The van der Waals surface area contributed by atoms with Crippen LogP contribution in [0.1, 0.15) is 12.8 Å². The molecule has 0 bridgehead atoms. The van der Waals surface area contributed by atoms with Crippen LogP contribution >= 0.6 is 0 Å². The third-order valence-corrected chi connectivity index (χ3v) is 4.04. The lowest BCUT2D eigenvalue weighted by Gasteiger charge is -2.31. The van der Waals surface area contributed by atoms with Gasteiger partial charge >= 0.3 is 0 Å². The average Bonchev–Trinajstić information content (AvgIpc) is 2.29. The topological polar surface area (TPSA) is 75.2 Å². The highest BCUT2D eigenvalue weighted by atomic mass is 32.2. The van der Waals surface area contributed by atoms with E-state index in [0.29, 0.717) is 18.9 Å². The van der Waals surface area contributed by atoms with Crippen molar-refractivity contribution in [3.05, 3.63) is 18.6 Å². The monoisotopic (exact) mass is 256 g/mol. The van der Waals surface area contributed by atoms with Gasteiger partial charge < -0.3 is 5.32 Å². The number of hydrogen-bond donors (Lipinski definition) is 1. The number of hydrogen-bond acceptors (Lipinski definition) is 5. The predicted molar refractivity (Wildman–Crippen MR) is 65.1 cm³/mol. The van der Waals surface area contributed by atoms with Gasteiger partial charge in [0.25, 0.3) is 0 Å². The SMILES string of the molecule is CS(=O)(=O)N1CCCC(Nc2cnccn2)C1. The molecule has 1 fully saturated rings. The summed E-state index contributed by atoms with van der Waals surface area (Å²) in [6.45, 7) is 1.10. The quantitative estimate of drug-likeness (QED) is 0.842. The maximum atomic E-state index is 11.5. The van der Waals surface area contributed by atoms with Crippen molar-refractivity contribution >= 4 is 15.8 Å². The molecule has 1 unspecified atom stereocenters. The summed E-state index contributed by atoms with van der Waals surface area (Å²) >= 11 is 0. The third kappa shape index (κ3) is 3.37. The van der Waals surface area contributed by atoms with Crippen molar-refractivity contribution in [3.8, 4) is 0 Å². The summed E-state index contributed by atoms with van der Waals surface area (Å²) in [5, 5.41) is 3.20. The Morgan fingerprint density at radius 3 is 2.94 bits per heavy atom. The Morgan fingerprint density at radius 1 is 1.47 bits per heavy atom. The maximum absolute atomic E-state index is 11.5. The van der Waals surface area contributed by atoms with E-state index in [1.165, 1.54) is 10.6 Å². The van der Waals surface area contributed by atoms with Gasteiger partial charge in [-0.15, -0.1) is 0 Å². The molecule has 1 aliphatic rings. The first-order valence-corrected chi connectivity index (χ1v) is 7.38. The summed E-state index contributed by atoms with van der Waals surface area (Å²) in [5.41, 5.74) is 0. The molecule has 17 heavy (non-hydrogen) atoms. The van der Waals surface area contributed by atoms with E-state index in [-0.39, 0.29) is 6.04 Å². The Labute approximate surface area is 101 Å². The fraction of sp³-hybridized carbons (Fsp3) is 0.600. The van der Waals surface area contributed by atoms with E-state index in [9.17, 15) is 8.42 Å². The molecule has 0 aliphatic carbocycles. The van der Waals surface area contributed by atoms with Crippen molar-refractivity contribution in [3.63, 3.8) is 0 Å².